The third-order valence-corrected chi connectivity index (χ3v) is 6.08. The second kappa shape index (κ2) is 11.2. The molecule has 6 heteroatoms. The van der Waals surface area contributed by atoms with Gasteiger partial charge in [0.2, 0.25) is 0 Å². The summed E-state index contributed by atoms with van der Waals surface area (Å²) in [6.45, 7) is 19.4. The molecule has 1 N–H and O–H groups in total. The Labute approximate surface area is 177 Å². The molecular weight excluding hydrogens is 443 g/mol. The highest BCUT2D eigenvalue weighted by Gasteiger charge is 2.29. The van der Waals surface area contributed by atoms with Crippen molar-refractivity contribution in [3.8, 4) is 0 Å². The van der Waals surface area contributed by atoms with Gasteiger partial charge in [0.05, 0.1) is 0 Å². The molecule has 0 saturated carbocycles. The quantitative estimate of drug-likeness (QED) is 0.367. The van der Waals surface area contributed by atoms with Crippen molar-refractivity contribution < 1.29 is 0 Å². The zero-order valence-electron chi connectivity index (χ0n) is 16.9. The Kier molecular flexibility index (Phi) is 10.5. The number of nitrogens with one attached hydrogen (secondary N) is 1. The number of hydrogen-bond acceptors (Lipinski definition) is 3. The highest BCUT2D eigenvalue weighted by molar-refractivity contribution is 14.0. The summed E-state index contributed by atoms with van der Waals surface area (Å²) < 4.78 is 0.327. The molecule has 0 aromatic carbocycles. The van der Waals surface area contributed by atoms with Gasteiger partial charge in [-0.2, -0.15) is 11.8 Å². The second-order valence-corrected chi connectivity index (χ2v) is 10.2. The molecule has 1 atom stereocenters. The van der Waals surface area contributed by atoms with Gasteiger partial charge in [-0.25, -0.2) is 0 Å². The second-order valence-electron chi connectivity index (χ2n) is 8.39. The Hall–Kier alpha value is 0.310. The van der Waals surface area contributed by atoms with Crippen molar-refractivity contribution in [2.45, 2.75) is 52.2 Å². The normalized spacial score (nSPS) is 25.0. The molecule has 4 nitrogen and oxygen atoms in total. The Morgan fingerprint density at radius 2 is 2.08 bits per heavy atom. The Bertz CT molecular complexity index is 414. The molecule has 148 valence electrons. The van der Waals surface area contributed by atoms with Crippen molar-refractivity contribution in [3.63, 3.8) is 0 Å². The monoisotopic (exact) mass is 482 g/mol. The van der Waals surface area contributed by atoms with Gasteiger partial charge in [-0.15, -0.1) is 24.0 Å². The highest BCUT2D eigenvalue weighted by atomic mass is 127. The van der Waals surface area contributed by atoms with Crippen LogP contribution in [0.2, 0.25) is 0 Å². The number of aliphatic imine (C=N–C) groups is 1. The summed E-state index contributed by atoms with van der Waals surface area (Å²) in [7, 11) is 0. The minimum absolute atomic E-state index is 0. The lowest BCUT2D eigenvalue weighted by atomic mass is 9.97. The van der Waals surface area contributed by atoms with Crippen molar-refractivity contribution in [3.05, 3.63) is 0 Å². The van der Waals surface area contributed by atoms with Crippen LogP contribution in [0.25, 0.3) is 0 Å². The maximum atomic E-state index is 5.04. The van der Waals surface area contributed by atoms with E-state index in [9.17, 15) is 0 Å². The van der Waals surface area contributed by atoms with Crippen LogP contribution in [0.4, 0.5) is 0 Å². The van der Waals surface area contributed by atoms with E-state index >= 15 is 0 Å². The third kappa shape index (κ3) is 8.24. The van der Waals surface area contributed by atoms with E-state index in [1.54, 1.807) is 0 Å². The number of halogens is 1. The smallest absolute Gasteiger partial charge is 0.193 e. The van der Waals surface area contributed by atoms with Gasteiger partial charge >= 0.3 is 0 Å². The van der Waals surface area contributed by atoms with Crippen LogP contribution in [0.5, 0.6) is 0 Å². The lowest BCUT2D eigenvalue weighted by Gasteiger charge is -2.39. The Morgan fingerprint density at radius 1 is 1.32 bits per heavy atom. The SMILES string of the molecule is CCNC(=NCC1CCCN(CC(C)C)C1)N1CCSC(C)(C)C1.I. The van der Waals surface area contributed by atoms with Crippen molar-refractivity contribution in [1.82, 2.24) is 15.1 Å². The van der Waals surface area contributed by atoms with E-state index in [0.29, 0.717) is 4.75 Å². The fraction of sp³-hybridized carbons (Fsp3) is 0.947. The molecule has 0 radical (unpaired) electrons. The van der Waals surface area contributed by atoms with Crippen LogP contribution < -0.4 is 5.32 Å². The summed E-state index contributed by atoms with van der Waals surface area (Å²) >= 11 is 2.08. The molecule has 0 amide bonds. The minimum Gasteiger partial charge on any atom is -0.357 e. The fourth-order valence-corrected chi connectivity index (χ4v) is 4.93. The molecule has 2 fully saturated rings. The first kappa shape index (κ1) is 23.3. The molecule has 2 rings (SSSR count). The number of likely N-dealkylation sites (tertiary alicyclic amines) is 1. The van der Waals surface area contributed by atoms with E-state index in [-0.39, 0.29) is 24.0 Å². The van der Waals surface area contributed by atoms with Gasteiger partial charge in [0.15, 0.2) is 5.96 Å². The van der Waals surface area contributed by atoms with E-state index in [1.165, 1.54) is 38.2 Å². The van der Waals surface area contributed by atoms with E-state index < -0.39 is 0 Å². The average Bonchev–Trinajstić information content (AvgIpc) is 2.50. The van der Waals surface area contributed by atoms with E-state index in [0.717, 1.165) is 44.0 Å². The van der Waals surface area contributed by atoms with Gasteiger partial charge < -0.3 is 15.1 Å². The van der Waals surface area contributed by atoms with E-state index in [2.05, 4.69) is 61.5 Å². The largest absolute Gasteiger partial charge is 0.357 e. The summed E-state index contributed by atoms with van der Waals surface area (Å²) in [6.07, 6.45) is 2.66. The number of guanidine groups is 1. The van der Waals surface area contributed by atoms with Crippen LogP contribution in [0.3, 0.4) is 0 Å². The van der Waals surface area contributed by atoms with E-state index in [1.807, 2.05) is 0 Å². The molecule has 2 saturated heterocycles. The lowest BCUT2D eigenvalue weighted by Crippen LogP contribution is -2.51. The molecule has 2 heterocycles. The zero-order chi connectivity index (χ0) is 17.6. The van der Waals surface area contributed by atoms with Gasteiger partial charge in [-0.05, 0) is 52.0 Å². The van der Waals surface area contributed by atoms with Crippen molar-refractivity contribution >= 4 is 41.7 Å². The van der Waals surface area contributed by atoms with Gasteiger partial charge in [0, 0.05) is 49.8 Å². The molecule has 1 unspecified atom stereocenters. The maximum absolute atomic E-state index is 5.04. The van der Waals surface area contributed by atoms with Crippen LogP contribution in [0.15, 0.2) is 4.99 Å². The van der Waals surface area contributed by atoms with Gasteiger partial charge in [-0.1, -0.05) is 13.8 Å². The van der Waals surface area contributed by atoms with Gasteiger partial charge in [0.25, 0.3) is 0 Å². The summed E-state index contributed by atoms with van der Waals surface area (Å²) in [5.74, 6) is 3.81. The first-order valence-corrected chi connectivity index (χ1v) is 10.8. The van der Waals surface area contributed by atoms with Crippen LogP contribution >= 0.6 is 35.7 Å². The number of thioether (sulfide) groups is 1. The summed E-state index contributed by atoms with van der Waals surface area (Å²) in [4.78, 5) is 10.1. The first-order valence-electron chi connectivity index (χ1n) is 9.79. The molecule has 0 aromatic rings. The molecule has 2 aliphatic rings. The van der Waals surface area contributed by atoms with Crippen molar-refractivity contribution in [2.24, 2.45) is 16.8 Å². The van der Waals surface area contributed by atoms with Crippen LogP contribution in [0, 0.1) is 11.8 Å². The van der Waals surface area contributed by atoms with Crippen LogP contribution in [0.1, 0.15) is 47.5 Å². The first-order chi connectivity index (χ1) is 11.4. The molecule has 25 heavy (non-hydrogen) atoms. The van der Waals surface area contributed by atoms with Gasteiger partial charge in [0.1, 0.15) is 0 Å². The Balaban J connectivity index is 0.00000312. The highest BCUT2D eigenvalue weighted by Crippen LogP contribution is 2.29. The predicted molar refractivity (Wildman–Crippen MR) is 124 cm³/mol. The number of piperidine rings is 1. The molecule has 0 spiro atoms. The topological polar surface area (TPSA) is 30.9 Å². The average molecular weight is 483 g/mol. The van der Waals surface area contributed by atoms with Crippen LogP contribution in [-0.4, -0.2) is 72.1 Å². The van der Waals surface area contributed by atoms with E-state index in [4.69, 9.17) is 4.99 Å². The summed E-state index contributed by atoms with van der Waals surface area (Å²) in [6, 6.07) is 0. The molecule has 0 aliphatic carbocycles. The summed E-state index contributed by atoms with van der Waals surface area (Å²) in [5.41, 5.74) is 0. The lowest BCUT2D eigenvalue weighted by molar-refractivity contribution is 0.162. The van der Waals surface area contributed by atoms with Gasteiger partial charge in [-0.3, -0.25) is 4.99 Å². The minimum atomic E-state index is 0. The third-order valence-electron chi connectivity index (χ3n) is 4.79. The van der Waals surface area contributed by atoms with Crippen molar-refractivity contribution in [2.75, 3.05) is 51.6 Å². The number of hydrogen-bond donors (Lipinski definition) is 1. The van der Waals surface area contributed by atoms with Crippen molar-refractivity contribution in [1.29, 1.82) is 0 Å². The van der Waals surface area contributed by atoms with Crippen LogP contribution in [-0.2, 0) is 0 Å². The summed E-state index contributed by atoms with van der Waals surface area (Å²) in [5, 5.41) is 3.53. The predicted octanol–water partition coefficient (Wildman–Crippen LogP) is 3.77. The fourth-order valence-electron chi connectivity index (χ4n) is 3.82. The number of nitrogens with zero attached hydrogens (tertiary/aromatic N) is 3. The molecule has 0 aromatic heterocycles. The molecular formula is C19H39IN4S. The zero-order valence-corrected chi connectivity index (χ0v) is 20.0. The Morgan fingerprint density at radius 3 is 2.72 bits per heavy atom. The molecule has 0 bridgehead atoms. The maximum Gasteiger partial charge on any atom is 0.193 e. The number of rotatable bonds is 5. The standard InChI is InChI=1S/C19H38N4S.HI/c1-6-20-18(23-10-11-24-19(4,5)15-23)21-12-17-8-7-9-22(14-17)13-16(2)3;/h16-17H,6-15H2,1-5H3,(H,20,21);1H. The molecule has 2 aliphatic heterocycles.